The number of amides is 9. The fourth-order valence-electron chi connectivity index (χ4n) is 7.14. The summed E-state index contributed by atoms with van der Waals surface area (Å²) in [6, 6.07) is -10.3. The lowest BCUT2D eigenvalue weighted by atomic mass is 10.0. The van der Waals surface area contributed by atoms with E-state index >= 15 is 0 Å². The van der Waals surface area contributed by atoms with Crippen molar-refractivity contribution in [3.63, 3.8) is 0 Å². The Morgan fingerprint density at radius 2 is 1.27 bits per heavy atom. The summed E-state index contributed by atoms with van der Waals surface area (Å²) in [7, 11) is 0. The molecule has 0 aromatic heterocycles. The molecule has 27 nitrogen and oxygen atoms in total. The van der Waals surface area contributed by atoms with Crippen LogP contribution in [0.3, 0.4) is 0 Å². The standard InChI is InChI=1S/C39H65N13O14/c1-19(2)30(50-31(58)20(3)46-32(59)21(40)18-53)36(63)48-22(10-12-27(41)54)33(60)45-17-28(55)51-15-6-9-26(51)37(64)52-16-5-8-25(52)35(62)47-23(11-13-29(56)57)34(61)49-24(38(65)66)7-4-14-44-39(42)43/h19-26,30,53H,4-18,40H2,1-3H3,(H2,41,54)(H,45,60)(H,46,59)(H,47,62)(H,48,63)(H,49,61)(H,50,58)(H,56,57)(H,65,66)(H4,42,43,44)/t20-,21-,22-,23-,24-,25-,26-,30-/m0/s1. The molecular formula is C39H65N13O14. The second-order valence-corrected chi connectivity index (χ2v) is 16.3. The van der Waals surface area contributed by atoms with Gasteiger partial charge in [-0.2, -0.15) is 0 Å². The van der Waals surface area contributed by atoms with Crippen LogP contribution in [0.1, 0.15) is 85.0 Å². The Labute approximate surface area is 380 Å². The van der Waals surface area contributed by atoms with Crippen LogP contribution in [0.25, 0.3) is 0 Å². The molecule has 2 saturated heterocycles. The van der Waals surface area contributed by atoms with E-state index in [-0.39, 0.29) is 64.1 Å². The largest absolute Gasteiger partial charge is 0.481 e. The third kappa shape index (κ3) is 17.7. The van der Waals surface area contributed by atoms with E-state index in [0.29, 0.717) is 12.8 Å². The molecule has 2 aliphatic rings. The van der Waals surface area contributed by atoms with Gasteiger partial charge >= 0.3 is 11.9 Å². The highest BCUT2D eigenvalue weighted by Gasteiger charge is 2.43. The van der Waals surface area contributed by atoms with Gasteiger partial charge in [-0.1, -0.05) is 13.8 Å². The SMILES string of the molecule is CC(C)[C@H](NC(=O)[C@H](C)NC(=O)[C@@H](N)CO)C(=O)N[C@@H](CCC(N)=O)C(=O)NCC(=O)N1CCC[C@H]1C(=O)N1CCC[C@H]1C(=O)N[C@@H](CCC(=O)O)C(=O)N[C@@H](CCCN=C(N)N)C(=O)O. The van der Waals surface area contributed by atoms with Gasteiger partial charge < -0.3 is 80.0 Å². The molecule has 370 valence electrons. The van der Waals surface area contributed by atoms with Crippen molar-refractivity contribution in [3.8, 4) is 0 Å². The Bertz CT molecular complexity index is 1830. The van der Waals surface area contributed by atoms with Gasteiger partial charge in [-0.05, 0) is 64.2 Å². The minimum atomic E-state index is -1.49. The Balaban J connectivity index is 2.15. The third-order valence-electron chi connectivity index (χ3n) is 10.8. The van der Waals surface area contributed by atoms with Gasteiger partial charge in [0.25, 0.3) is 0 Å². The van der Waals surface area contributed by atoms with Gasteiger partial charge in [-0.25, -0.2) is 4.79 Å². The number of primary amides is 1. The number of aliphatic carboxylic acids is 2. The number of rotatable bonds is 27. The van der Waals surface area contributed by atoms with Crippen molar-refractivity contribution in [2.24, 2.45) is 33.8 Å². The highest BCUT2D eigenvalue weighted by molar-refractivity contribution is 5.98. The van der Waals surface area contributed by atoms with E-state index in [2.05, 4.69) is 36.9 Å². The van der Waals surface area contributed by atoms with Gasteiger partial charge in [-0.3, -0.25) is 52.9 Å². The second-order valence-electron chi connectivity index (χ2n) is 16.3. The summed E-state index contributed by atoms with van der Waals surface area (Å²) in [6.07, 6.45) is -0.470. The molecule has 8 atom stereocenters. The first-order valence-corrected chi connectivity index (χ1v) is 21.5. The predicted molar refractivity (Wildman–Crippen MR) is 231 cm³/mol. The molecule has 0 unspecified atom stereocenters. The fraction of sp³-hybridized carbons (Fsp3) is 0.692. The van der Waals surface area contributed by atoms with Crippen molar-refractivity contribution < 1.29 is 68.1 Å². The zero-order valence-corrected chi connectivity index (χ0v) is 37.3. The summed E-state index contributed by atoms with van der Waals surface area (Å²) in [5, 5.41) is 42.5. The third-order valence-corrected chi connectivity index (χ3v) is 10.8. The quantitative estimate of drug-likeness (QED) is 0.0207. The van der Waals surface area contributed by atoms with Crippen molar-refractivity contribution >= 4 is 71.1 Å². The maximum absolute atomic E-state index is 14.0. The minimum absolute atomic E-state index is 0.0721. The number of nitrogens with two attached hydrogens (primary N) is 4. The molecular weight excluding hydrogens is 875 g/mol. The van der Waals surface area contributed by atoms with Gasteiger partial charge in [0, 0.05) is 32.5 Å². The van der Waals surface area contributed by atoms with Gasteiger partial charge in [0.15, 0.2) is 5.96 Å². The average Bonchev–Trinajstić information content (AvgIpc) is 3.96. The number of aliphatic hydroxyl groups excluding tert-OH is 1. The summed E-state index contributed by atoms with van der Waals surface area (Å²) < 4.78 is 0. The van der Waals surface area contributed by atoms with Gasteiger partial charge in [0.2, 0.25) is 53.2 Å². The highest BCUT2D eigenvalue weighted by Crippen LogP contribution is 2.25. The second kappa shape index (κ2) is 27.0. The molecule has 2 aliphatic heterocycles. The number of carboxylic acids is 2. The van der Waals surface area contributed by atoms with Crippen LogP contribution in [0, 0.1) is 5.92 Å². The van der Waals surface area contributed by atoms with Crippen molar-refractivity contribution in [3.05, 3.63) is 0 Å². The van der Waals surface area contributed by atoms with Crippen LogP contribution in [0.4, 0.5) is 0 Å². The molecule has 27 heteroatoms. The highest BCUT2D eigenvalue weighted by atomic mass is 16.4. The van der Waals surface area contributed by atoms with Crippen LogP contribution in [-0.2, 0) is 52.7 Å². The first-order valence-electron chi connectivity index (χ1n) is 21.5. The molecule has 0 aromatic carbocycles. The molecule has 2 fully saturated rings. The first kappa shape index (κ1) is 55.5. The molecule has 0 bridgehead atoms. The molecule has 0 radical (unpaired) electrons. The Kier molecular flexibility index (Phi) is 22.7. The van der Waals surface area contributed by atoms with Crippen molar-refractivity contribution in [1.82, 2.24) is 41.7 Å². The van der Waals surface area contributed by atoms with Crippen LogP contribution in [0.2, 0.25) is 0 Å². The smallest absolute Gasteiger partial charge is 0.326 e. The fourth-order valence-corrected chi connectivity index (χ4v) is 7.14. The number of carbonyl (C=O) groups is 11. The van der Waals surface area contributed by atoms with Crippen molar-refractivity contribution in [1.29, 1.82) is 0 Å². The topological polar surface area (TPSA) is 444 Å². The van der Waals surface area contributed by atoms with E-state index in [0.717, 1.165) is 0 Å². The molecule has 9 amide bonds. The number of aliphatic imine (C=N–C) groups is 1. The number of guanidine groups is 1. The number of hydrogen-bond acceptors (Lipinski definition) is 14. The number of carbonyl (C=O) groups excluding carboxylic acids is 9. The molecule has 0 aromatic rings. The monoisotopic (exact) mass is 939 g/mol. The normalized spacial score (nSPS) is 18.3. The molecule has 2 heterocycles. The Hall–Kier alpha value is -6.64. The first-order chi connectivity index (χ1) is 31.0. The molecule has 17 N–H and O–H groups in total. The van der Waals surface area contributed by atoms with E-state index in [1.165, 1.54) is 16.7 Å². The number of carboxylic acid groups (broad SMARTS) is 2. The van der Waals surface area contributed by atoms with Gasteiger partial charge in [0.05, 0.1) is 13.2 Å². The maximum atomic E-state index is 14.0. The van der Waals surface area contributed by atoms with E-state index < -0.39 is 145 Å². The lowest BCUT2D eigenvalue weighted by Gasteiger charge is -2.32. The number of hydrogen-bond donors (Lipinski definition) is 13. The van der Waals surface area contributed by atoms with E-state index in [1.54, 1.807) is 13.8 Å². The van der Waals surface area contributed by atoms with Crippen molar-refractivity contribution in [2.75, 3.05) is 32.8 Å². The van der Waals surface area contributed by atoms with E-state index in [1.807, 2.05) is 0 Å². The zero-order chi connectivity index (χ0) is 49.8. The van der Waals surface area contributed by atoms with Crippen LogP contribution in [0.5, 0.6) is 0 Å². The van der Waals surface area contributed by atoms with Crippen LogP contribution >= 0.6 is 0 Å². The molecule has 0 spiro atoms. The summed E-state index contributed by atoms with van der Waals surface area (Å²) >= 11 is 0. The number of nitrogens with one attached hydrogen (secondary N) is 6. The molecule has 66 heavy (non-hydrogen) atoms. The van der Waals surface area contributed by atoms with Crippen LogP contribution < -0.4 is 54.8 Å². The molecule has 2 rings (SSSR count). The summed E-state index contributed by atoms with van der Waals surface area (Å²) in [4.78, 5) is 148. The summed E-state index contributed by atoms with van der Waals surface area (Å²) in [5.74, 6) is -10.7. The number of nitrogens with zero attached hydrogens (tertiary/aromatic N) is 3. The lowest BCUT2D eigenvalue weighted by Crippen LogP contribution is -2.59. The van der Waals surface area contributed by atoms with Crippen LogP contribution in [-0.4, -0.2) is 177 Å². The van der Waals surface area contributed by atoms with Gasteiger partial charge in [0.1, 0.15) is 48.3 Å². The maximum Gasteiger partial charge on any atom is 0.326 e. The summed E-state index contributed by atoms with van der Waals surface area (Å²) in [6.45, 7) is 3.45. The van der Waals surface area contributed by atoms with Crippen molar-refractivity contribution in [2.45, 2.75) is 133 Å². The number of likely N-dealkylation sites (tertiary alicyclic amines) is 2. The molecule has 0 aliphatic carbocycles. The van der Waals surface area contributed by atoms with E-state index in [4.69, 9.17) is 28.0 Å². The van der Waals surface area contributed by atoms with Crippen LogP contribution in [0.15, 0.2) is 4.99 Å². The predicted octanol–water partition coefficient (Wildman–Crippen LogP) is -6.23. The van der Waals surface area contributed by atoms with E-state index in [9.17, 15) is 63.0 Å². The lowest BCUT2D eigenvalue weighted by molar-refractivity contribution is -0.147. The minimum Gasteiger partial charge on any atom is -0.481 e. The van der Waals surface area contributed by atoms with Gasteiger partial charge in [-0.15, -0.1) is 0 Å². The Morgan fingerprint density at radius 1 is 0.682 bits per heavy atom. The number of aliphatic hydroxyl groups is 1. The molecule has 0 saturated carbocycles. The summed E-state index contributed by atoms with van der Waals surface area (Å²) in [5.41, 5.74) is 21.4. The Morgan fingerprint density at radius 3 is 1.85 bits per heavy atom. The zero-order valence-electron chi connectivity index (χ0n) is 37.3. The average molecular weight is 940 g/mol.